The predicted molar refractivity (Wildman–Crippen MR) is 118 cm³/mol. The predicted octanol–water partition coefficient (Wildman–Crippen LogP) is 2.91. The second-order valence-electron chi connectivity index (χ2n) is 7.21. The van der Waals surface area contributed by atoms with Crippen molar-refractivity contribution in [2.45, 2.75) is 13.0 Å². The normalized spacial score (nSPS) is 11.0. The lowest BCUT2D eigenvalue weighted by Crippen LogP contribution is -2.24. The highest BCUT2D eigenvalue weighted by Gasteiger charge is 2.15. The molecule has 0 radical (unpaired) electrons. The zero-order chi connectivity index (χ0) is 21.9. The Labute approximate surface area is 182 Å². The first kappa shape index (κ1) is 19.4. The van der Waals surface area contributed by atoms with Crippen molar-refractivity contribution in [3.05, 3.63) is 96.0 Å². The van der Waals surface area contributed by atoms with Gasteiger partial charge in [-0.1, -0.05) is 47.6 Å². The third kappa shape index (κ3) is 3.91. The van der Waals surface area contributed by atoms with E-state index in [1.54, 1.807) is 0 Å². The van der Waals surface area contributed by atoms with Crippen LogP contribution >= 0.6 is 0 Å². The second kappa shape index (κ2) is 8.31. The first-order valence-electron chi connectivity index (χ1n) is 9.99. The fourth-order valence-corrected chi connectivity index (χ4v) is 3.40. The largest absolute Gasteiger partial charge is 0.383 e. The average Bonchev–Trinajstić information content (AvgIpc) is 3.47. The highest BCUT2D eigenvalue weighted by atomic mass is 16.5. The number of fused-ring (bicyclic) bond motifs is 1. The van der Waals surface area contributed by atoms with Gasteiger partial charge in [-0.25, -0.2) is 9.97 Å². The molecular weight excluding hydrogens is 406 g/mol. The molecule has 9 heteroatoms. The molecule has 0 aliphatic rings. The van der Waals surface area contributed by atoms with Crippen LogP contribution in [0.2, 0.25) is 0 Å². The van der Waals surface area contributed by atoms with E-state index in [9.17, 15) is 4.79 Å². The van der Waals surface area contributed by atoms with Crippen LogP contribution in [0, 0.1) is 0 Å². The maximum absolute atomic E-state index is 12.4. The van der Waals surface area contributed by atoms with Crippen LogP contribution in [-0.2, 0) is 13.0 Å². The van der Waals surface area contributed by atoms with Crippen molar-refractivity contribution in [1.29, 1.82) is 0 Å². The van der Waals surface area contributed by atoms with Crippen molar-refractivity contribution in [1.82, 2.24) is 30.0 Å². The molecule has 3 N–H and O–H groups in total. The van der Waals surface area contributed by atoms with Crippen molar-refractivity contribution in [3.8, 4) is 5.69 Å². The molecule has 0 saturated carbocycles. The zero-order valence-electron chi connectivity index (χ0n) is 17.0. The summed E-state index contributed by atoms with van der Waals surface area (Å²) in [5, 5.41) is 7.40. The maximum atomic E-state index is 12.4. The maximum Gasteiger partial charge on any atom is 0.292 e. The van der Waals surface area contributed by atoms with E-state index >= 15 is 0 Å². The summed E-state index contributed by atoms with van der Waals surface area (Å²) in [4.78, 5) is 24.9. The third-order valence-electron chi connectivity index (χ3n) is 5.05. The number of anilines is 1. The molecule has 0 spiro atoms. The summed E-state index contributed by atoms with van der Waals surface area (Å²) in [6.07, 6.45) is 3.82. The van der Waals surface area contributed by atoms with Gasteiger partial charge in [-0.05, 0) is 29.3 Å². The van der Waals surface area contributed by atoms with Gasteiger partial charge in [0.15, 0.2) is 0 Å². The minimum absolute atomic E-state index is 0.0173. The molecule has 0 fully saturated rings. The molecule has 0 aliphatic carbocycles. The number of nitrogens with one attached hydrogen (secondary N) is 1. The SMILES string of the molecule is Nc1ncnc2c1ccn2-c1ccc(CNC(=O)c2noc(Cc3ccccc3)n2)cc1. The molecule has 0 saturated heterocycles. The Balaban J connectivity index is 1.23. The summed E-state index contributed by atoms with van der Waals surface area (Å²) in [6.45, 7) is 0.337. The number of nitrogens with two attached hydrogens (primary N) is 1. The summed E-state index contributed by atoms with van der Waals surface area (Å²) < 4.78 is 7.13. The van der Waals surface area contributed by atoms with Gasteiger partial charge in [0.2, 0.25) is 5.89 Å². The Hall–Kier alpha value is -4.53. The van der Waals surface area contributed by atoms with Crippen LogP contribution in [0.25, 0.3) is 16.7 Å². The van der Waals surface area contributed by atoms with E-state index in [0.717, 1.165) is 27.8 Å². The summed E-state index contributed by atoms with van der Waals surface area (Å²) in [7, 11) is 0. The minimum atomic E-state index is -0.388. The van der Waals surface area contributed by atoms with Crippen LogP contribution < -0.4 is 11.1 Å². The first-order chi connectivity index (χ1) is 15.7. The smallest absolute Gasteiger partial charge is 0.292 e. The number of carbonyl (C=O) groups excluding carboxylic acids is 1. The fourth-order valence-electron chi connectivity index (χ4n) is 3.40. The monoisotopic (exact) mass is 425 g/mol. The molecule has 3 heterocycles. The molecular formula is C23H19N7O2. The Morgan fingerprint density at radius 2 is 1.81 bits per heavy atom. The lowest BCUT2D eigenvalue weighted by Gasteiger charge is -2.07. The van der Waals surface area contributed by atoms with Gasteiger partial charge in [0.05, 0.1) is 11.8 Å². The average molecular weight is 425 g/mol. The summed E-state index contributed by atoms with van der Waals surface area (Å²) in [5.74, 6) is 0.472. The van der Waals surface area contributed by atoms with Gasteiger partial charge < -0.3 is 20.1 Å². The van der Waals surface area contributed by atoms with E-state index in [0.29, 0.717) is 24.7 Å². The number of hydrogen-bond acceptors (Lipinski definition) is 7. The van der Waals surface area contributed by atoms with Crippen molar-refractivity contribution in [2.75, 3.05) is 5.73 Å². The molecule has 3 aromatic heterocycles. The van der Waals surface area contributed by atoms with E-state index in [2.05, 4.69) is 25.4 Å². The Morgan fingerprint density at radius 3 is 2.62 bits per heavy atom. The van der Waals surface area contributed by atoms with Crippen molar-refractivity contribution >= 4 is 22.8 Å². The van der Waals surface area contributed by atoms with Gasteiger partial charge in [0.1, 0.15) is 17.8 Å². The van der Waals surface area contributed by atoms with Crippen LogP contribution in [-0.4, -0.2) is 30.6 Å². The summed E-state index contributed by atoms with van der Waals surface area (Å²) >= 11 is 0. The lowest BCUT2D eigenvalue weighted by atomic mass is 10.1. The van der Waals surface area contributed by atoms with Crippen LogP contribution in [0.15, 0.2) is 77.7 Å². The molecule has 0 bridgehead atoms. The van der Waals surface area contributed by atoms with Gasteiger partial charge in [0.25, 0.3) is 11.7 Å². The van der Waals surface area contributed by atoms with Crippen LogP contribution in [0.1, 0.15) is 27.6 Å². The third-order valence-corrected chi connectivity index (χ3v) is 5.05. The number of hydrogen-bond donors (Lipinski definition) is 2. The van der Waals surface area contributed by atoms with Crippen LogP contribution in [0.3, 0.4) is 0 Å². The van der Waals surface area contributed by atoms with E-state index in [1.807, 2.05) is 71.4 Å². The number of benzene rings is 2. The van der Waals surface area contributed by atoms with Crippen LogP contribution in [0.5, 0.6) is 0 Å². The number of amides is 1. The van der Waals surface area contributed by atoms with Crippen molar-refractivity contribution < 1.29 is 9.32 Å². The first-order valence-corrected chi connectivity index (χ1v) is 9.99. The van der Waals surface area contributed by atoms with E-state index in [4.69, 9.17) is 10.3 Å². The fraction of sp³-hybridized carbons (Fsp3) is 0.0870. The zero-order valence-corrected chi connectivity index (χ0v) is 17.0. The van der Waals surface area contributed by atoms with Gasteiger partial charge in [0, 0.05) is 18.4 Å². The number of rotatable bonds is 6. The highest BCUT2D eigenvalue weighted by molar-refractivity contribution is 5.90. The molecule has 5 aromatic rings. The highest BCUT2D eigenvalue weighted by Crippen LogP contribution is 2.21. The van der Waals surface area contributed by atoms with Gasteiger partial charge >= 0.3 is 0 Å². The molecule has 5 rings (SSSR count). The molecule has 158 valence electrons. The minimum Gasteiger partial charge on any atom is -0.383 e. The number of aromatic nitrogens is 5. The van der Waals surface area contributed by atoms with Crippen molar-refractivity contribution in [2.24, 2.45) is 0 Å². The summed E-state index contributed by atoms with van der Waals surface area (Å²) in [6, 6.07) is 19.4. The lowest BCUT2D eigenvalue weighted by molar-refractivity contribution is 0.0937. The number of nitrogens with zero attached hydrogens (tertiary/aromatic N) is 5. The Kier molecular flexibility index (Phi) is 5.04. The number of nitrogen functional groups attached to an aromatic ring is 1. The van der Waals surface area contributed by atoms with Crippen molar-refractivity contribution in [3.63, 3.8) is 0 Å². The molecule has 0 aliphatic heterocycles. The molecule has 9 nitrogen and oxygen atoms in total. The van der Waals surface area contributed by atoms with E-state index < -0.39 is 0 Å². The molecule has 0 atom stereocenters. The van der Waals surface area contributed by atoms with E-state index in [-0.39, 0.29) is 11.7 Å². The Morgan fingerprint density at radius 1 is 1.00 bits per heavy atom. The van der Waals surface area contributed by atoms with Gasteiger partial charge in [-0.15, -0.1) is 0 Å². The summed E-state index contributed by atoms with van der Waals surface area (Å²) in [5.41, 5.74) is 9.54. The van der Waals surface area contributed by atoms with Gasteiger partial charge in [-0.2, -0.15) is 4.98 Å². The van der Waals surface area contributed by atoms with E-state index in [1.165, 1.54) is 6.33 Å². The molecule has 0 unspecified atom stereocenters. The Bertz CT molecular complexity index is 1370. The van der Waals surface area contributed by atoms with Crippen LogP contribution in [0.4, 0.5) is 5.82 Å². The second-order valence-corrected chi connectivity index (χ2v) is 7.21. The topological polar surface area (TPSA) is 125 Å². The molecule has 1 amide bonds. The number of carbonyl (C=O) groups is 1. The molecule has 2 aromatic carbocycles. The standard InChI is InChI=1S/C23H19N7O2/c24-20-18-10-11-30(22(18)27-14-26-20)17-8-6-16(7-9-17)13-25-23(31)21-28-19(32-29-21)12-15-4-2-1-3-5-15/h1-11,14H,12-13H2,(H,25,31)(H2,24,26,27). The molecule has 32 heavy (non-hydrogen) atoms. The quantitative estimate of drug-likeness (QED) is 0.428. The van der Waals surface area contributed by atoms with Gasteiger partial charge in [-0.3, -0.25) is 4.79 Å².